The molecular weight excluding hydrogens is 322 g/mol. The first-order valence-electron chi connectivity index (χ1n) is 8.88. The number of aromatic nitrogens is 3. The maximum absolute atomic E-state index is 4.55. The van der Waals surface area contributed by atoms with Crippen molar-refractivity contribution in [1.29, 1.82) is 0 Å². The summed E-state index contributed by atoms with van der Waals surface area (Å²) in [7, 11) is 0. The fourth-order valence-electron chi connectivity index (χ4n) is 2.91. The first-order valence-corrected chi connectivity index (χ1v) is 8.88. The lowest BCUT2D eigenvalue weighted by molar-refractivity contribution is 0.866. The third-order valence-corrected chi connectivity index (χ3v) is 4.27. The van der Waals surface area contributed by atoms with E-state index >= 15 is 0 Å². The fraction of sp³-hybridized carbons (Fsp3) is 0.286. The Bertz CT molecular complexity index is 889. The summed E-state index contributed by atoms with van der Waals surface area (Å²) in [5.74, 6) is 1.62. The molecule has 0 radical (unpaired) electrons. The molecule has 0 aliphatic carbocycles. The average molecular weight is 347 g/mol. The summed E-state index contributed by atoms with van der Waals surface area (Å²) < 4.78 is 0. The van der Waals surface area contributed by atoms with Gasteiger partial charge in [-0.1, -0.05) is 61.9 Å². The maximum Gasteiger partial charge on any atom is 0.244 e. The van der Waals surface area contributed by atoms with Crippen LogP contribution in [0.3, 0.4) is 0 Å². The van der Waals surface area contributed by atoms with Crippen molar-refractivity contribution < 1.29 is 0 Å². The number of para-hydroxylation sites is 1. The summed E-state index contributed by atoms with van der Waals surface area (Å²) in [6.45, 7) is 9.22. The van der Waals surface area contributed by atoms with Crippen LogP contribution in [-0.4, -0.2) is 15.2 Å². The largest absolute Gasteiger partial charge is 0.349 e. The summed E-state index contributed by atoms with van der Waals surface area (Å²) in [4.78, 5) is 4.55. The van der Waals surface area contributed by atoms with Gasteiger partial charge in [-0.15, -0.1) is 5.10 Å². The predicted octanol–water partition coefficient (Wildman–Crippen LogP) is 4.97. The third-order valence-electron chi connectivity index (χ3n) is 4.27. The molecule has 0 aliphatic rings. The van der Waals surface area contributed by atoms with Crippen LogP contribution < -0.4 is 10.6 Å². The van der Waals surface area contributed by atoms with Gasteiger partial charge in [0.15, 0.2) is 5.82 Å². The van der Waals surface area contributed by atoms with Crippen LogP contribution in [0, 0.1) is 13.8 Å². The number of nitrogens with zero attached hydrogens (tertiary/aromatic N) is 3. The van der Waals surface area contributed by atoms with E-state index in [-0.39, 0.29) is 0 Å². The van der Waals surface area contributed by atoms with Gasteiger partial charge in [-0.25, -0.2) is 0 Å². The normalized spacial score (nSPS) is 10.8. The lowest BCUT2D eigenvalue weighted by atomic mass is 9.98. The molecule has 1 heterocycles. The van der Waals surface area contributed by atoms with Crippen molar-refractivity contribution >= 4 is 17.5 Å². The molecule has 2 aromatic carbocycles. The fourth-order valence-corrected chi connectivity index (χ4v) is 2.91. The minimum Gasteiger partial charge on any atom is -0.349 e. The van der Waals surface area contributed by atoms with Crippen molar-refractivity contribution in [2.45, 2.75) is 40.2 Å². The summed E-state index contributed by atoms with van der Waals surface area (Å²) in [6, 6.07) is 14.7. The summed E-state index contributed by atoms with van der Waals surface area (Å²) >= 11 is 0. The van der Waals surface area contributed by atoms with Gasteiger partial charge in [-0.2, -0.15) is 10.1 Å². The first kappa shape index (κ1) is 17.9. The van der Waals surface area contributed by atoms with Gasteiger partial charge in [0.2, 0.25) is 5.95 Å². The maximum atomic E-state index is 4.55. The summed E-state index contributed by atoms with van der Waals surface area (Å²) in [6.07, 6.45) is 1.65. The Morgan fingerprint density at radius 1 is 1.04 bits per heavy atom. The second-order valence-corrected chi connectivity index (χ2v) is 6.83. The molecule has 0 saturated heterocycles. The van der Waals surface area contributed by atoms with E-state index in [1.807, 2.05) is 0 Å². The van der Waals surface area contributed by atoms with Crippen LogP contribution in [0.1, 0.15) is 42.0 Å². The molecule has 0 unspecified atom stereocenters. The van der Waals surface area contributed by atoms with Crippen molar-refractivity contribution in [3.63, 3.8) is 0 Å². The Hall–Kier alpha value is -2.95. The molecule has 0 aliphatic heterocycles. The van der Waals surface area contributed by atoms with Gasteiger partial charge in [0.05, 0.1) is 6.20 Å². The molecule has 3 aromatic rings. The highest BCUT2D eigenvalue weighted by Gasteiger charge is 2.10. The smallest absolute Gasteiger partial charge is 0.244 e. The molecule has 0 atom stereocenters. The molecular formula is C21H25N5. The molecule has 134 valence electrons. The Morgan fingerprint density at radius 2 is 1.85 bits per heavy atom. The Balaban J connectivity index is 1.76. The minimum absolute atomic E-state index is 0.422. The lowest BCUT2D eigenvalue weighted by Crippen LogP contribution is -2.07. The molecule has 0 spiro atoms. The first-order chi connectivity index (χ1) is 12.5. The van der Waals surface area contributed by atoms with Gasteiger partial charge in [-0.3, -0.25) is 0 Å². The van der Waals surface area contributed by atoms with E-state index in [9.17, 15) is 0 Å². The zero-order valence-electron chi connectivity index (χ0n) is 15.7. The number of anilines is 3. The van der Waals surface area contributed by atoms with Crippen LogP contribution in [0.15, 0.2) is 48.7 Å². The average Bonchev–Trinajstić information content (AvgIpc) is 2.62. The zero-order valence-corrected chi connectivity index (χ0v) is 15.7. The molecule has 26 heavy (non-hydrogen) atoms. The van der Waals surface area contributed by atoms with Crippen LogP contribution in [0.5, 0.6) is 0 Å². The number of nitrogens with one attached hydrogen (secondary N) is 2. The minimum atomic E-state index is 0.422. The Kier molecular flexibility index (Phi) is 5.46. The summed E-state index contributed by atoms with van der Waals surface area (Å²) in [5, 5.41) is 14.8. The van der Waals surface area contributed by atoms with Gasteiger partial charge in [-0.05, 0) is 36.5 Å². The van der Waals surface area contributed by atoms with Crippen molar-refractivity contribution in [3.8, 4) is 0 Å². The SMILES string of the molecule is Cc1cccc(CNc2nncc(Nc3c(C)cccc3C(C)C)n2)c1. The second kappa shape index (κ2) is 7.95. The van der Waals surface area contributed by atoms with E-state index in [2.05, 4.69) is 96.0 Å². The van der Waals surface area contributed by atoms with Crippen LogP contribution in [0.25, 0.3) is 0 Å². The summed E-state index contributed by atoms with van der Waals surface area (Å²) in [5.41, 5.74) is 5.96. The highest BCUT2D eigenvalue weighted by atomic mass is 15.3. The van der Waals surface area contributed by atoms with Crippen molar-refractivity contribution in [2.75, 3.05) is 10.6 Å². The third kappa shape index (κ3) is 4.36. The van der Waals surface area contributed by atoms with E-state index in [0.717, 1.165) is 5.69 Å². The predicted molar refractivity (Wildman–Crippen MR) is 107 cm³/mol. The molecule has 0 bridgehead atoms. The molecule has 0 fully saturated rings. The van der Waals surface area contributed by atoms with Crippen LogP contribution in [0.2, 0.25) is 0 Å². The van der Waals surface area contributed by atoms with E-state index in [1.165, 1.54) is 22.3 Å². The highest BCUT2D eigenvalue weighted by molar-refractivity contribution is 5.65. The number of hydrogen-bond acceptors (Lipinski definition) is 5. The van der Waals surface area contributed by atoms with Crippen LogP contribution in [0.4, 0.5) is 17.5 Å². The Labute approximate surface area is 154 Å². The number of rotatable bonds is 6. The molecule has 1 aromatic heterocycles. The standard InChI is InChI=1S/C21H25N5/c1-14(2)18-10-6-8-16(4)20(18)24-19-13-23-26-21(25-19)22-12-17-9-5-7-15(3)11-17/h5-11,13-14H,12H2,1-4H3,(H2,22,24,25,26). The monoisotopic (exact) mass is 347 g/mol. The van der Waals surface area contributed by atoms with Crippen LogP contribution in [-0.2, 0) is 6.54 Å². The van der Waals surface area contributed by atoms with E-state index in [4.69, 9.17) is 0 Å². The number of benzene rings is 2. The molecule has 0 amide bonds. The van der Waals surface area contributed by atoms with Crippen molar-refractivity contribution in [1.82, 2.24) is 15.2 Å². The van der Waals surface area contributed by atoms with E-state index in [0.29, 0.717) is 24.2 Å². The number of aryl methyl sites for hydroxylation is 2. The molecule has 3 rings (SSSR count). The quantitative estimate of drug-likeness (QED) is 0.659. The van der Waals surface area contributed by atoms with Gasteiger partial charge >= 0.3 is 0 Å². The molecule has 0 saturated carbocycles. The molecule has 2 N–H and O–H groups in total. The highest BCUT2D eigenvalue weighted by Crippen LogP contribution is 2.29. The van der Waals surface area contributed by atoms with Crippen molar-refractivity contribution in [2.24, 2.45) is 0 Å². The van der Waals surface area contributed by atoms with Crippen LogP contribution >= 0.6 is 0 Å². The van der Waals surface area contributed by atoms with E-state index < -0.39 is 0 Å². The van der Waals surface area contributed by atoms with Gasteiger partial charge < -0.3 is 10.6 Å². The van der Waals surface area contributed by atoms with Gasteiger partial charge in [0, 0.05) is 12.2 Å². The van der Waals surface area contributed by atoms with Gasteiger partial charge in [0.25, 0.3) is 0 Å². The molecule has 5 heteroatoms. The molecule has 5 nitrogen and oxygen atoms in total. The Morgan fingerprint density at radius 3 is 2.62 bits per heavy atom. The number of hydrogen-bond donors (Lipinski definition) is 2. The lowest BCUT2D eigenvalue weighted by Gasteiger charge is -2.16. The zero-order chi connectivity index (χ0) is 18.5. The topological polar surface area (TPSA) is 62.7 Å². The second-order valence-electron chi connectivity index (χ2n) is 6.83. The van der Waals surface area contributed by atoms with Crippen molar-refractivity contribution in [3.05, 3.63) is 70.9 Å². The van der Waals surface area contributed by atoms with Gasteiger partial charge in [0.1, 0.15) is 0 Å². The van der Waals surface area contributed by atoms with E-state index in [1.54, 1.807) is 6.20 Å².